The Morgan fingerprint density at radius 1 is 1.14 bits per heavy atom. The van der Waals surface area contributed by atoms with Gasteiger partial charge in [-0.1, -0.05) is 64.5 Å². The summed E-state index contributed by atoms with van der Waals surface area (Å²) in [6.45, 7) is 13.8. The first-order chi connectivity index (χ1) is 16.4. The Morgan fingerprint density at radius 3 is 2.51 bits per heavy atom. The van der Waals surface area contributed by atoms with Crippen LogP contribution in [0.5, 0.6) is 0 Å². The molecule has 6 atom stereocenters. The number of hydrogen-bond donors (Lipinski definition) is 0. The molecule has 0 unspecified atom stereocenters. The summed E-state index contributed by atoms with van der Waals surface area (Å²) in [5.74, 6) is -0.438. The Bertz CT molecular complexity index is 965. The average Bonchev–Trinajstić information content (AvgIpc) is 3.10. The van der Waals surface area contributed by atoms with Gasteiger partial charge in [-0.05, 0) is 73.8 Å². The van der Waals surface area contributed by atoms with Crippen LogP contribution in [-0.2, 0) is 23.9 Å². The number of hydrogen-bond acceptors (Lipinski definition) is 5. The standard InChI is InChI=1S/C30H42O5/c1-8-9-10-11-12-13-27(32)34-26-17-25-24(29(25,6)7)16-21(4)28(33)30(35-22(5)31)18-19(2)14-23(30)15-20(26)3/h10-13,15-16,19,23-26H,8-9,14,17-18H2,1-7H3/b11-10-,13-12+,20-15+,21-16+/t19-,23+,24+,25+,26-,30+/m0/s1. The smallest absolute Gasteiger partial charge is 0.331 e. The van der Waals surface area contributed by atoms with E-state index in [1.807, 2.05) is 32.1 Å². The first-order valence-corrected chi connectivity index (χ1v) is 13.1. The highest BCUT2D eigenvalue weighted by molar-refractivity contribution is 6.03. The highest BCUT2D eigenvalue weighted by Crippen LogP contribution is 2.62. The van der Waals surface area contributed by atoms with E-state index >= 15 is 0 Å². The molecule has 0 aliphatic heterocycles. The van der Waals surface area contributed by atoms with Gasteiger partial charge in [0.25, 0.3) is 0 Å². The van der Waals surface area contributed by atoms with Crippen LogP contribution < -0.4 is 0 Å². The number of esters is 2. The van der Waals surface area contributed by atoms with E-state index in [0.717, 1.165) is 24.8 Å². The summed E-state index contributed by atoms with van der Waals surface area (Å²) >= 11 is 0. The van der Waals surface area contributed by atoms with Crippen LogP contribution in [0.15, 0.2) is 47.6 Å². The van der Waals surface area contributed by atoms with E-state index in [9.17, 15) is 14.4 Å². The van der Waals surface area contributed by atoms with Crippen molar-refractivity contribution >= 4 is 17.7 Å². The van der Waals surface area contributed by atoms with Crippen LogP contribution in [0.4, 0.5) is 0 Å². The quantitative estimate of drug-likeness (QED) is 0.192. The van der Waals surface area contributed by atoms with Gasteiger partial charge in [0.05, 0.1) is 0 Å². The number of carbonyl (C=O) groups is 3. The summed E-state index contributed by atoms with van der Waals surface area (Å²) in [6.07, 6.45) is 14.8. The second kappa shape index (κ2) is 10.7. The molecule has 0 aromatic rings. The normalized spacial score (nSPS) is 37.5. The predicted octanol–water partition coefficient (Wildman–Crippen LogP) is 6.30. The van der Waals surface area contributed by atoms with Gasteiger partial charge in [0, 0.05) is 18.9 Å². The fourth-order valence-electron chi connectivity index (χ4n) is 6.14. The summed E-state index contributed by atoms with van der Waals surface area (Å²) in [6, 6.07) is 0. The molecule has 0 amide bonds. The van der Waals surface area contributed by atoms with Crippen molar-refractivity contribution in [2.75, 3.05) is 0 Å². The fraction of sp³-hybridized carbons (Fsp3) is 0.633. The van der Waals surface area contributed by atoms with Crippen molar-refractivity contribution in [1.82, 2.24) is 0 Å². The zero-order chi connectivity index (χ0) is 26.0. The summed E-state index contributed by atoms with van der Waals surface area (Å²) in [4.78, 5) is 38.7. The first-order valence-electron chi connectivity index (χ1n) is 13.1. The van der Waals surface area contributed by atoms with E-state index in [2.05, 4.69) is 33.8 Å². The molecule has 5 nitrogen and oxygen atoms in total. The molecule has 192 valence electrons. The number of allylic oxidation sites excluding steroid dienone is 4. The van der Waals surface area contributed by atoms with Crippen LogP contribution in [0.25, 0.3) is 0 Å². The Balaban J connectivity index is 1.98. The van der Waals surface area contributed by atoms with Crippen LogP contribution in [0.1, 0.15) is 80.6 Å². The van der Waals surface area contributed by atoms with Crippen molar-refractivity contribution in [3.8, 4) is 0 Å². The van der Waals surface area contributed by atoms with Crippen molar-refractivity contribution < 1.29 is 23.9 Å². The van der Waals surface area contributed by atoms with Crippen LogP contribution in [0, 0.1) is 29.1 Å². The average molecular weight is 483 g/mol. The third-order valence-corrected chi connectivity index (χ3v) is 8.18. The molecule has 2 fully saturated rings. The van der Waals surface area contributed by atoms with Gasteiger partial charge in [-0.3, -0.25) is 9.59 Å². The lowest BCUT2D eigenvalue weighted by atomic mass is 9.81. The topological polar surface area (TPSA) is 69.7 Å². The SMILES string of the molecule is CCC/C=C\C=C\C(=O)O[C@H]1C[C@@H]2[C@@H](/C=C(\C)C(=O)[C@@]3(OC(C)=O)C[C@@H](C)C[C@@H]3/C=C/1C)C2(C)C. The van der Waals surface area contributed by atoms with Crippen LogP contribution in [0.3, 0.4) is 0 Å². The molecule has 0 aromatic heterocycles. The van der Waals surface area contributed by atoms with E-state index < -0.39 is 17.7 Å². The molecule has 0 bridgehead atoms. The van der Waals surface area contributed by atoms with E-state index in [-0.39, 0.29) is 34.9 Å². The maximum Gasteiger partial charge on any atom is 0.331 e. The molecule has 2 saturated carbocycles. The maximum atomic E-state index is 13.8. The van der Waals surface area contributed by atoms with E-state index in [1.54, 1.807) is 6.08 Å². The van der Waals surface area contributed by atoms with Gasteiger partial charge in [-0.15, -0.1) is 0 Å². The molecule has 0 heterocycles. The lowest BCUT2D eigenvalue weighted by molar-refractivity contribution is -0.166. The molecule has 0 N–H and O–H groups in total. The summed E-state index contributed by atoms with van der Waals surface area (Å²) in [5, 5.41) is 0. The molecule has 3 rings (SSSR count). The van der Waals surface area contributed by atoms with Crippen molar-refractivity contribution in [2.45, 2.75) is 92.3 Å². The lowest BCUT2D eigenvalue weighted by Gasteiger charge is -2.33. The minimum atomic E-state index is -1.20. The summed E-state index contributed by atoms with van der Waals surface area (Å²) in [5.41, 5.74) is 0.373. The molecular weight excluding hydrogens is 440 g/mol. The first kappa shape index (κ1) is 27.2. The van der Waals surface area contributed by atoms with Crippen molar-refractivity contribution in [3.63, 3.8) is 0 Å². The molecule has 5 heteroatoms. The molecule has 0 saturated heterocycles. The predicted molar refractivity (Wildman–Crippen MR) is 137 cm³/mol. The Morgan fingerprint density at radius 2 is 1.86 bits per heavy atom. The van der Waals surface area contributed by atoms with E-state index in [0.29, 0.717) is 24.3 Å². The minimum absolute atomic E-state index is 0.00136. The Kier molecular flexibility index (Phi) is 8.28. The Labute approximate surface area is 210 Å². The lowest BCUT2D eigenvalue weighted by Crippen LogP contribution is -2.46. The summed E-state index contributed by atoms with van der Waals surface area (Å²) < 4.78 is 11.9. The highest BCUT2D eigenvalue weighted by Gasteiger charge is 2.59. The Hall–Kier alpha value is -2.43. The molecule has 3 aliphatic carbocycles. The molecule has 0 radical (unpaired) electrons. The van der Waals surface area contributed by atoms with E-state index in [1.165, 1.54) is 13.0 Å². The van der Waals surface area contributed by atoms with Crippen LogP contribution in [-0.4, -0.2) is 29.4 Å². The van der Waals surface area contributed by atoms with Gasteiger partial charge in [0.1, 0.15) is 6.10 Å². The molecular formula is C30H42O5. The molecule has 35 heavy (non-hydrogen) atoms. The van der Waals surface area contributed by atoms with Crippen molar-refractivity contribution in [3.05, 3.63) is 47.6 Å². The second-order valence-corrected chi connectivity index (χ2v) is 11.4. The van der Waals surface area contributed by atoms with Gasteiger partial charge < -0.3 is 9.47 Å². The highest BCUT2D eigenvalue weighted by atomic mass is 16.6. The van der Waals surface area contributed by atoms with Gasteiger partial charge in [0.2, 0.25) is 5.78 Å². The largest absolute Gasteiger partial charge is 0.455 e. The zero-order valence-corrected chi connectivity index (χ0v) is 22.4. The zero-order valence-electron chi connectivity index (χ0n) is 22.4. The summed E-state index contributed by atoms with van der Waals surface area (Å²) in [7, 11) is 0. The van der Waals surface area contributed by atoms with Crippen molar-refractivity contribution in [1.29, 1.82) is 0 Å². The maximum absolute atomic E-state index is 13.8. The molecule has 0 aromatic carbocycles. The monoisotopic (exact) mass is 482 g/mol. The van der Waals surface area contributed by atoms with Gasteiger partial charge in [0.15, 0.2) is 5.60 Å². The van der Waals surface area contributed by atoms with Crippen molar-refractivity contribution in [2.24, 2.45) is 29.1 Å². The number of carbonyl (C=O) groups excluding carboxylic acids is 3. The molecule has 0 spiro atoms. The van der Waals surface area contributed by atoms with E-state index in [4.69, 9.17) is 9.47 Å². The number of Topliss-reactive ketones (excluding diaryl/α,β-unsaturated/α-hetero) is 1. The number of ketones is 1. The number of fused-ring (bicyclic) bond motifs is 2. The third-order valence-electron chi connectivity index (χ3n) is 8.18. The van der Waals surface area contributed by atoms with Crippen LogP contribution in [0.2, 0.25) is 0 Å². The second-order valence-electron chi connectivity index (χ2n) is 11.4. The number of ether oxygens (including phenoxy) is 2. The third kappa shape index (κ3) is 5.87. The fourth-order valence-corrected chi connectivity index (χ4v) is 6.14. The van der Waals surface area contributed by atoms with Gasteiger partial charge in [-0.25, -0.2) is 4.79 Å². The minimum Gasteiger partial charge on any atom is -0.455 e. The number of unbranched alkanes of at least 4 members (excludes halogenated alkanes) is 1. The molecule has 3 aliphatic rings. The van der Waals surface area contributed by atoms with Crippen LogP contribution >= 0.6 is 0 Å². The van der Waals surface area contributed by atoms with Gasteiger partial charge >= 0.3 is 11.9 Å². The van der Waals surface area contributed by atoms with Gasteiger partial charge in [-0.2, -0.15) is 0 Å². The number of rotatable bonds is 6.